The van der Waals surface area contributed by atoms with Crippen LogP contribution in [0.5, 0.6) is 0 Å². The van der Waals surface area contributed by atoms with Crippen LogP contribution < -0.4 is 4.90 Å². The number of carbonyl (C=O) groups is 1. The van der Waals surface area contributed by atoms with Crippen molar-refractivity contribution in [2.75, 3.05) is 38.7 Å². The number of pyridine rings is 1. The minimum absolute atomic E-state index is 0.319. The highest BCUT2D eigenvalue weighted by Gasteiger charge is 2.23. The lowest BCUT2D eigenvalue weighted by Gasteiger charge is -2.39. The SMILES string of the molecule is COC(=O)c1ccnc(N2CCN(C)CC2C)c1. The second-order valence-electron chi connectivity index (χ2n) is 4.70. The molecule has 0 bridgehead atoms. The van der Waals surface area contributed by atoms with Gasteiger partial charge in [-0.1, -0.05) is 0 Å². The van der Waals surface area contributed by atoms with Crippen LogP contribution >= 0.6 is 0 Å². The average molecular weight is 249 g/mol. The van der Waals surface area contributed by atoms with Crippen LogP contribution in [0.25, 0.3) is 0 Å². The van der Waals surface area contributed by atoms with E-state index in [1.165, 1.54) is 7.11 Å². The van der Waals surface area contributed by atoms with Crippen LogP contribution in [-0.4, -0.2) is 55.7 Å². The molecule has 1 atom stereocenters. The van der Waals surface area contributed by atoms with Gasteiger partial charge < -0.3 is 14.5 Å². The number of piperazine rings is 1. The van der Waals surface area contributed by atoms with E-state index in [0.717, 1.165) is 25.5 Å². The second-order valence-corrected chi connectivity index (χ2v) is 4.70. The van der Waals surface area contributed by atoms with E-state index in [1.54, 1.807) is 18.3 Å². The van der Waals surface area contributed by atoms with Gasteiger partial charge in [-0.3, -0.25) is 0 Å². The number of likely N-dealkylation sites (N-methyl/N-ethyl adjacent to an activating group) is 1. The topological polar surface area (TPSA) is 45.7 Å². The van der Waals surface area contributed by atoms with Crippen LogP contribution in [0, 0.1) is 0 Å². The van der Waals surface area contributed by atoms with Crippen molar-refractivity contribution in [1.82, 2.24) is 9.88 Å². The van der Waals surface area contributed by atoms with Crippen LogP contribution in [0.15, 0.2) is 18.3 Å². The first kappa shape index (κ1) is 12.8. The predicted molar refractivity (Wildman–Crippen MR) is 69.9 cm³/mol. The number of carbonyl (C=O) groups excluding carboxylic acids is 1. The first-order chi connectivity index (χ1) is 8.61. The van der Waals surface area contributed by atoms with Crippen molar-refractivity contribution in [3.63, 3.8) is 0 Å². The molecule has 98 valence electrons. The summed E-state index contributed by atoms with van der Waals surface area (Å²) in [6.07, 6.45) is 1.66. The molecule has 1 fully saturated rings. The lowest BCUT2D eigenvalue weighted by molar-refractivity contribution is 0.0600. The minimum Gasteiger partial charge on any atom is -0.465 e. The number of hydrogen-bond acceptors (Lipinski definition) is 5. The largest absolute Gasteiger partial charge is 0.465 e. The summed E-state index contributed by atoms with van der Waals surface area (Å²) in [6.45, 7) is 5.11. The monoisotopic (exact) mass is 249 g/mol. The van der Waals surface area contributed by atoms with Gasteiger partial charge in [-0.15, -0.1) is 0 Å². The molecule has 5 heteroatoms. The minimum atomic E-state index is -0.319. The van der Waals surface area contributed by atoms with Gasteiger partial charge in [-0.2, -0.15) is 0 Å². The predicted octanol–water partition coefficient (Wildman–Crippen LogP) is 1.01. The zero-order valence-electron chi connectivity index (χ0n) is 11.1. The van der Waals surface area contributed by atoms with Crippen molar-refractivity contribution in [3.05, 3.63) is 23.9 Å². The Morgan fingerprint density at radius 2 is 2.28 bits per heavy atom. The summed E-state index contributed by atoms with van der Waals surface area (Å²) in [5.74, 6) is 0.527. The standard InChI is InChI=1S/C13H19N3O2/c1-10-9-15(2)6-7-16(10)12-8-11(4-5-14-12)13(17)18-3/h4-5,8,10H,6-7,9H2,1-3H3. The van der Waals surface area contributed by atoms with Crippen LogP contribution in [0.4, 0.5) is 5.82 Å². The molecule has 0 aromatic carbocycles. The molecule has 1 aliphatic heterocycles. The number of esters is 1. The fourth-order valence-electron chi connectivity index (χ4n) is 2.30. The molecule has 0 radical (unpaired) electrons. The van der Waals surface area contributed by atoms with Crippen LogP contribution in [0.2, 0.25) is 0 Å². The summed E-state index contributed by atoms with van der Waals surface area (Å²) in [5.41, 5.74) is 0.550. The molecule has 0 aliphatic carbocycles. The van der Waals surface area contributed by atoms with Gasteiger partial charge in [0.05, 0.1) is 12.7 Å². The highest BCUT2D eigenvalue weighted by atomic mass is 16.5. The number of anilines is 1. The Morgan fingerprint density at radius 1 is 1.50 bits per heavy atom. The first-order valence-electron chi connectivity index (χ1n) is 6.11. The normalized spacial score (nSPS) is 20.8. The van der Waals surface area contributed by atoms with E-state index >= 15 is 0 Å². The Morgan fingerprint density at radius 3 is 2.94 bits per heavy atom. The van der Waals surface area contributed by atoms with Gasteiger partial charge in [0.15, 0.2) is 0 Å². The van der Waals surface area contributed by atoms with Gasteiger partial charge in [0.25, 0.3) is 0 Å². The van der Waals surface area contributed by atoms with Gasteiger partial charge in [-0.25, -0.2) is 9.78 Å². The third-order valence-corrected chi connectivity index (χ3v) is 3.29. The van der Waals surface area contributed by atoms with Crippen LogP contribution in [0.1, 0.15) is 17.3 Å². The Hall–Kier alpha value is -1.62. The molecule has 0 saturated carbocycles. The molecule has 1 aromatic heterocycles. The van der Waals surface area contributed by atoms with Crippen molar-refractivity contribution < 1.29 is 9.53 Å². The van der Waals surface area contributed by atoms with Crippen molar-refractivity contribution in [2.45, 2.75) is 13.0 Å². The summed E-state index contributed by atoms with van der Waals surface area (Å²) in [7, 11) is 3.51. The number of ether oxygens (including phenoxy) is 1. The summed E-state index contributed by atoms with van der Waals surface area (Å²) >= 11 is 0. The molecule has 0 N–H and O–H groups in total. The molecule has 1 saturated heterocycles. The molecule has 0 amide bonds. The lowest BCUT2D eigenvalue weighted by Crippen LogP contribution is -2.50. The molecular weight excluding hydrogens is 230 g/mol. The number of aromatic nitrogens is 1. The number of hydrogen-bond donors (Lipinski definition) is 0. The Bertz CT molecular complexity index is 436. The molecule has 18 heavy (non-hydrogen) atoms. The van der Waals surface area contributed by atoms with Crippen LogP contribution in [0.3, 0.4) is 0 Å². The molecule has 1 unspecified atom stereocenters. The maximum Gasteiger partial charge on any atom is 0.338 e. The van der Waals surface area contributed by atoms with E-state index < -0.39 is 0 Å². The van der Waals surface area contributed by atoms with E-state index in [2.05, 4.69) is 28.8 Å². The van der Waals surface area contributed by atoms with Gasteiger partial charge in [-0.05, 0) is 26.1 Å². The summed E-state index contributed by atoms with van der Waals surface area (Å²) in [5, 5.41) is 0. The van der Waals surface area contributed by atoms with Crippen molar-refractivity contribution >= 4 is 11.8 Å². The maximum atomic E-state index is 11.5. The smallest absolute Gasteiger partial charge is 0.338 e. The summed E-state index contributed by atoms with van der Waals surface area (Å²) < 4.78 is 4.73. The van der Waals surface area contributed by atoms with E-state index in [0.29, 0.717) is 11.6 Å². The third-order valence-electron chi connectivity index (χ3n) is 3.29. The lowest BCUT2D eigenvalue weighted by atomic mass is 10.2. The van der Waals surface area contributed by atoms with E-state index in [1.807, 2.05) is 0 Å². The molecule has 1 aliphatic rings. The van der Waals surface area contributed by atoms with E-state index in [9.17, 15) is 4.79 Å². The number of rotatable bonds is 2. The van der Waals surface area contributed by atoms with Crippen LogP contribution in [-0.2, 0) is 4.74 Å². The number of methoxy groups -OCH3 is 1. The Labute approximate surface area is 107 Å². The Balaban J connectivity index is 2.20. The summed E-state index contributed by atoms with van der Waals surface area (Å²) in [6, 6.07) is 3.87. The number of nitrogens with zero attached hydrogens (tertiary/aromatic N) is 3. The highest BCUT2D eigenvalue weighted by Crippen LogP contribution is 2.19. The average Bonchev–Trinajstić information content (AvgIpc) is 2.38. The third kappa shape index (κ3) is 2.61. The molecule has 2 rings (SSSR count). The summed E-state index contributed by atoms with van der Waals surface area (Å²) in [4.78, 5) is 20.4. The fourth-order valence-corrected chi connectivity index (χ4v) is 2.30. The quantitative estimate of drug-likeness (QED) is 0.732. The van der Waals surface area contributed by atoms with Crippen molar-refractivity contribution in [2.24, 2.45) is 0 Å². The Kier molecular flexibility index (Phi) is 3.81. The van der Waals surface area contributed by atoms with Gasteiger partial charge in [0.2, 0.25) is 0 Å². The molecule has 2 heterocycles. The van der Waals surface area contributed by atoms with Crippen molar-refractivity contribution in [3.8, 4) is 0 Å². The van der Waals surface area contributed by atoms with Gasteiger partial charge in [0.1, 0.15) is 5.82 Å². The maximum absolute atomic E-state index is 11.5. The van der Waals surface area contributed by atoms with E-state index in [-0.39, 0.29) is 5.97 Å². The zero-order chi connectivity index (χ0) is 13.1. The molecular formula is C13H19N3O2. The zero-order valence-corrected chi connectivity index (χ0v) is 11.1. The fraction of sp³-hybridized carbons (Fsp3) is 0.538. The van der Waals surface area contributed by atoms with E-state index in [4.69, 9.17) is 4.74 Å². The second kappa shape index (κ2) is 5.35. The van der Waals surface area contributed by atoms with Crippen molar-refractivity contribution in [1.29, 1.82) is 0 Å². The first-order valence-corrected chi connectivity index (χ1v) is 6.11. The molecule has 5 nitrogen and oxygen atoms in total. The van der Waals surface area contributed by atoms with Gasteiger partial charge in [0, 0.05) is 31.9 Å². The molecule has 0 spiro atoms. The van der Waals surface area contributed by atoms with Gasteiger partial charge >= 0.3 is 5.97 Å². The highest BCUT2D eigenvalue weighted by molar-refractivity contribution is 5.90. The molecule has 1 aromatic rings.